The number of thioether (sulfide) groups is 2. The van der Waals surface area contributed by atoms with Crippen LogP contribution in [-0.2, 0) is 19.5 Å². The molecule has 0 unspecified atom stereocenters. The molecule has 65 heavy (non-hydrogen) atoms. The van der Waals surface area contributed by atoms with Crippen LogP contribution < -0.4 is 9.97 Å². The van der Waals surface area contributed by atoms with Gasteiger partial charge < -0.3 is 9.97 Å². The number of hydrogen-bond acceptors (Lipinski definition) is 4. The van der Waals surface area contributed by atoms with E-state index in [-0.39, 0.29) is 19.5 Å². The topological polar surface area (TPSA) is 54.0 Å². The Kier molecular flexibility index (Phi) is 12.3. The van der Waals surface area contributed by atoms with Crippen LogP contribution in [0.25, 0.3) is 95.8 Å². The normalized spacial score (nSPS) is 12.0. The Balaban J connectivity index is 0.00000498. The van der Waals surface area contributed by atoms with Crippen LogP contribution in [-0.4, -0.2) is 9.97 Å². The van der Waals surface area contributed by atoms with Crippen molar-refractivity contribution in [3.63, 3.8) is 0 Å². The second kappa shape index (κ2) is 19.0. The minimum Gasteiger partial charge on any atom is -0.657 e. The monoisotopic (exact) mass is 918 g/mol. The van der Waals surface area contributed by atoms with Gasteiger partial charge in [-0.05, 0) is 104 Å². The summed E-state index contributed by atoms with van der Waals surface area (Å²) in [5.74, 6) is 0. The SMILES string of the molecule is C1=Cc2nc1c(-c1ccccc1)c1ccc([n-]1)c(-c1ccccc1)c1nc(c(-c3ccc(/C(=C/Sc4ccccc4)Sc4ccccc4)cc3)c3ccc([n-]3)c2-c2ccccc2)C=C1.[Zn+2]. The summed E-state index contributed by atoms with van der Waals surface area (Å²) in [4.78, 5) is 25.3. The standard InChI is InChI=1S/C58H38N4S2.Zn/c1-6-16-40(17-7-1)55-46-30-32-48(59-46)56(41-18-8-2-9-19-41)50-34-36-52(61-50)58(53-37-35-51(62-53)57(42-20-10-3-11-21-42)49-33-31-47(55)60-49)43-28-26-39(27-29-43)54(64-45-24-14-5-15-25-45)38-63-44-22-12-4-13-23-44;/h1-38H;/q-2;+2/b54-38-,55-46?,55-47?,56-48?,56-50?,57-49?,57-51?,58-52?,58-53?;. The summed E-state index contributed by atoms with van der Waals surface area (Å²) in [6, 6.07) is 69.7. The maximum atomic E-state index is 5.47. The minimum absolute atomic E-state index is 0. The molecular weight excluding hydrogens is 882 g/mol. The zero-order valence-corrected chi connectivity index (χ0v) is 39.9. The van der Waals surface area contributed by atoms with Crippen molar-refractivity contribution in [2.45, 2.75) is 9.79 Å². The molecule has 5 heterocycles. The Bertz CT molecular complexity index is 3360. The molecule has 8 bridgehead atoms. The Morgan fingerprint density at radius 1 is 0.354 bits per heavy atom. The fourth-order valence-electron chi connectivity index (χ4n) is 8.27. The molecule has 6 aromatic carbocycles. The third-order valence-corrected chi connectivity index (χ3v) is 13.4. The van der Waals surface area contributed by atoms with Crippen molar-refractivity contribution in [1.82, 2.24) is 19.9 Å². The fourth-order valence-corrected chi connectivity index (χ4v) is 10.1. The van der Waals surface area contributed by atoms with E-state index in [1.165, 1.54) is 9.79 Å². The molecule has 9 aromatic rings. The van der Waals surface area contributed by atoms with E-state index in [4.69, 9.17) is 19.9 Å². The van der Waals surface area contributed by atoms with E-state index in [0.29, 0.717) is 0 Å². The van der Waals surface area contributed by atoms with E-state index in [2.05, 4.69) is 212 Å². The molecule has 0 spiro atoms. The molecule has 0 saturated heterocycles. The predicted molar refractivity (Wildman–Crippen MR) is 271 cm³/mol. The van der Waals surface area contributed by atoms with Gasteiger partial charge in [-0.25, -0.2) is 9.97 Å². The zero-order chi connectivity index (χ0) is 42.7. The van der Waals surface area contributed by atoms with Crippen LogP contribution in [0.1, 0.15) is 28.3 Å². The Morgan fingerprint density at radius 2 is 0.677 bits per heavy atom. The molecule has 11 rings (SSSR count). The molecule has 0 radical (unpaired) electrons. The molecule has 3 aromatic heterocycles. The van der Waals surface area contributed by atoms with Gasteiger partial charge >= 0.3 is 19.5 Å². The molecule has 0 atom stereocenters. The van der Waals surface area contributed by atoms with Crippen LogP contribution in [0, 0.1) is 0 Å². The van der Waals surface area contributed by atoms with Crippen molar-refractivity contribution < 1.29 is 19.5 Å². The predicted octanol–water partition coefficient (Wildman–Crippen LogP) is 15.5. The van der Waals surface area contributed by atoms with E-state index in [1.807, 2.05) is 18.2 Å². The summed E-state index contributed by atoms with van der Waals surface area (Å²) in [5.41, 5.74) is 15.8. The average molecular weight is 920 g/mol. The van der Waals surface area contributed by atoms with Crippen LogP contribution in [0.2, 0.25) is 0 Å². The Hall–Kier alpha value is -7.02. The maximum Gasteiger partial charge on any atom is 2.00 e. The number of nitrogens with zero attached hydrogens (tertiary/aromatic N) is 4. The zero-order valence-electron chi connectivity index (χ0n) is 35.3. The van der Waals surface area contributed by atoms with Gasteiger partial charge in [0.1, 0.15) is 0 Å². The minimum atomic E-state index is 0. The first-order valence-corrected chi connectivity index (χ1v) is 22.9. The first-order chi connectivity index (χ1) is 31.7. The van der Waals surface area contributed by atoms with Gasteiger partial charge in [-0.3, -0.25) is 0 Å². The van der Waals surface area contributed by atoms with E-state index in [0.717, 1.165) is 99.8 Å². The number of hydrogen-bond donors (Lipinski definition) is 0. The molecule has 0 fully saturated rings. The quantitative estimate of drug-likeness (QED) is 0.106. The van der Waals surface area contributed by atoms with Crippen LogP contribution >= 0.6 is 23.5 Å². The van der Waals surface area contributed by atoms with Crippen molar-refractivity contribution in [1.29, 1.82) is 0 Å². The summed E-state index contributed by atoms with van der Waals surface area (Å²) in [7, 11) is 0. The Labute approximate surface area is 399 Å². The maximum absolute atomic E-state index is 5.47. The van der Waals surface area contributed by atoms with E-state index >= 15 is 0 Å². The summed E-state index contributed by atoms with van der Waals surface area (Å²) < 4.78 is 0. The van der Waals surface area contributed by atoms with E-state index < -0.39 is 0 Å². The van der Waals surface area contributed by atoms with Gasteiger partial charge in [-0.1, -0.05) is 199 Å². The van der Waals surface area contributed by atoms with Crippen LogP contribution in [0.15, 0.2) is 215 Å². The molecule has 7 heteroatoms. The molecule has 4 nitrogen and oxygen atoms in total. The van der Waals surface area contributed by atoms with Crippen molar-refractivity contribution in [2.24, 2.45) is 0 Å². The van der Waals surface area contributed by atoms with Gasteiger partial charge in [-0.15, -0.1) is 22.1 Å². The number of benzene rings is 6. The summed E-state index contributed by atoms with van der Waals surface area (Å²) >= 11 is 3.50. The Morgan fingerprint density at radius 3 is 1.05 bits per heavy atom. The van der Waals surface area contributed by atoms with Gasteiger partial charge in [0.15, 0.2) is 0 Å². The molecule has 304 valence electrons. The summed E-state index contributed by atoms with van der Waals surface area (Å²) in [6.45, 7) is 0. The fraction of sp³-hybridized carbons (Fsp3) is 0. The van der Waals surface area contributed by atoms with Gasteiger partial charge in [0.05, 0.1) is 22.8 Å². The molecule has 2 aliphatic heterocycles. The number of aromatic nitrogens is 4. The number of rotatable bonds is 9. The van der Waals surface area contributed by atoms with Gasteiger partial charge in [0.2, 0.25) is 0 Å². The molecule has 0 saturated carbocycles. The van der Waals surface area contributed by atoms with Gasteiger partial charge in [-0.2, -0.15) is 0 Å². The molecular formula is C58H38N4S2Zn. The van der Waals surface area contributed by atoms with Crippen molar-refractivity contribution in [3.8, 4) is 44.5 Å². The second-order valence-electron chi connectivity index (χ2n) is 15.4. The third-order valence-electron chi connectivity index (χ3n) is 11.3. The van der Waals surface area contributed by atoms with Crippen molar-refractivity contribution >= 4 is 74.8 Å². The first kappa shape index (κ1) is 42.0. The first-order valence-electron chi connectivity index (χ1n) is 21.2. The molecule has 2 aliphatic rings. The van der Waals surface area contributed by atoms with Gasteiger partial charge in [0, 0.05) is 14.7 Å². The van der Waals surface area contributed by atoms with Crippen LogP contribution in [0.5, 0.6) is 0 Å². The smallest absolute Gasteiger partial charge is 0.657 e. The summed E-state index contributed by atoms with van der Waals surface area (Å²) in [5, 5.41) is 2.26. The molecule has 0 aliphatic carbocycles. The molecule has 0 amide bonds. The van der Waals surface area contributed by atoms with Crippen LogP contribution in [0.3, 0.4) is 0 Å². The molecule has 0 N–H and O–H groups in total. The largest absolute Gasteiger partial charge is 2.00 e. The van der Waals surface area contributed by atoms with E-state index in [9.17, 15) is 0 Å². The van der Waals surface area contributed by atoms with Crippen molar-refractivity contribution in [2.75, 3.05) is 0 Å². The average Bonchev–Trinajstić information content (AvgIpc) is 4.21. The van der Waals surface area contributed by atoms with Gasteiger partial charge in [0.25, 0.3) is 0 Å². The second-order valence-corrected chi connectivity index (χ2v) is 17.4. The third kappa shape index (κ3) is 8.79. The van der Waals surface area contributed by atoms with Crippen molar-refractivity contribution in [3.05, 3.63) is 234 Å². The summed E-state index contributed by atoms with van der Waals surface area (Å²) in [6.07, 6.45) is 8.47. The van der Waals surface area contributed by atoms with E-state index in [1.54, 1.807) is 23.5 Å². The van der Waals surface area contributed by atoms with Crippen LogP contribution in [0.4, 0.5) is 0 Å². The number of fused-ring (bicyclic) bond motifs is 8.